The summed E-state index contributed by atoms with van der Waals surface area (Å²) in [6.45, 7) is 8.66. The average molecular weight is 154 g/mol. The quantitative estimate of drug-likeness (QED) is 0.570. The predicted octanol–water partition coefficient (Wildman–Crippen LogP) is 2.39. The molecule has 2 heteroatoms. The van der Waals surface area contributed by atoms with Gasteiger partial charge in [0.25, 0.3) is 0 Å². The molecule has 2 nitrogen and oxygen atoms in total. The molecule has 0 radical (unpaired) electrons. The molecule has 0 amide bonds. The number of hydrogen-bond acceptors (Lipinski definition) is 2. The minimum Gasteiger partial charge on any atom is -0.313 e. The van der Waals surface area contributed by atoms with Crippen LogP contribution >= 0.6 is 0 Å². The third-order valence-corrected chi connectivity index (χ3v) is 2.18. The van der Waals surface area contributed by atoms with Crippen LogP contribution in [0, 0.1) is 17.2 Å². The zero-order valence-corrected chi connectivity index (χ0v) is 7.51. The molecule has 64 valence electrons. The first kappa shape index (κ1) is 10.3. The van der Waals surface area contributed by atoms with Crippen LogP contribution < -0.4 is 0 Å². The highest BCUT2D eigenvalue weighted by atomic mass is 14.7. The monoisotopic (exact) mass is 154 g/mol. The Morgan fingerprint density at radius 3 is 2.64 bits per heavy atom. The van der Waals surface area contributed by atoms with E-state index in [1.54, 1.807) is 0 Å². The van der Waals surface area contributed by atoms with E-state index in [4.69, 9.17) is 5.41 Å². The molecule has 2 unspecified atom stereocenters. The fourth-order valence-corrected chi connectivity index (χ4v) is 1.26. The molecule has 0 spiro atoms. The van der Waals surface area contributed by atoms with Gasteiger partial charge in [0.2, 0.25) is 0 Å². The fourth-order valence-electron chi connectivity index (χ4n) is 1.26. The van der Waals surface area contributed by atoms with Gasteiger partial charge in [0, 0.05) is 6.54 Å². The van der Waals surface area contributed by atoms with Crippen molar-refractivity contribution in [1.29, 1.82) is 5.41 Å². The standard InChI is InChI=1S/C9H18N2/c1-4-9(7-11-3)8(2)5-6-10/h6,8-10H,3-5,7H2,1-2H3. The lowest BCUT2D eigenvalue weighted by Crippen LogP contribution is -2.14. The van der Waals surface area contributed by atoms with Crippen LogP contribution in [0.25, 0.3) is 0 Å². The number of nitrogens with one attached hydrogen (secondary N) is 1. The molecule has 0 aliphatic rings. The van der Waals surface area contributed by atoms with E-state index in [9.17, 15) is 0 Å². The van der Waals surface area contributed by atoms with E-state index >= 15 is 0 Å². The fraction of sp³-hybridized carbons (Fsp3) is 0.778. The largest absolute Gasteiger partial charge is 0.313 e. The molecule has 0 fully saturated rings. The first-order valence-electron chi connectivity index (χ1n) is 4.17. The van der Waals surface area contributed by atoms with Gasteiger partial charge in [-0.2, -0.15) is 0 Å². The van der Waals surface area contributed by atoms with Crippen molar-refractivity contribution in [3.63, 3.8) is 0 Å². The van der Waals surface area contributed by atoms with Gasteiger partial charge in [-0.3, -0.25) is 0 Å². The van der Waals surface area contributed by atoms with Gasteiger partial charge < -0.3 is 10.4 Å². The van der Waals surface area contributed by atoms with Crippen LogP contribution in [0.3, 0.4) is 0 Å². The molecule has 11 heavy (non-hydrogen) atoms. The van der Waals surface area contributed by atoms with Gasteiger partial charge in [-0.1, -0.05) is 20.3 Å². The van der Waals surface area contributed by atoms with Crippen LogP contribution in [0.4, 0.5) is 0 Å². The molecule has 0 aromatic heterocycles. The highest BCUT2D eigenvalue weighted by Crippen LogP contribution is 2.17. The molecule has 1 N–H and O–H groups in total. The minimum absolute atomic E-state index is 0.572. The molecule has 0 heterocycles. The van der Waals surface area contributed by atoms with Crippen LogP contribution in [0.15, 0.2) is 4.99 Å². The molecular formula is C9H18N2. The van der Waals surface area contributed by atoms with Gasteiger partial charge in [-0.25, -0.2) is 0 Å². The maximum atomic E-state index is 6.96. The average Bonchev–Trinajstić information content (AvgIpc) is 2.00. The normalized spacial score (nSPS) is 15.5. The third kappa shape index (κ3) is 3.91. The lowest BCUT2D eigenvalue weighted by Gasteiger charge is -2.18. The molecule has 0 aliphatic heterocycles. The Kier molecular flexibility index (Phi) is 5.71. The predicted molar refractivity (Wildman–Crippen MR) is 50.8 cm³/mol. The van der Waals surface area contributed by atoms with Crippen LogP contribution in [-0.2, 0) is 0 Å². The molecule has 2 atom stereocenters. The highest BCUT2D eigenvalue weighted by Gasteiger charge is 2.12. The number of aliphatic imine (C=N–C) groups is 1. The van der Waals surface area contributed by atoms with Crippen molar-refractivity contribution in [3.05, 3.63) is 0 Å². The Morgan fingerprint density at radius 1 is 1.64 bits per heavy atom. The summed E-state index contributed by atoms with van der Waals surface area (Å²) in [4.78, 5) is 3.89. The van der Waals surface area contributed by atoms with Gasteiger partial charge in [0.05, 0.1) is 0 Å². The Bertz CT molecular complexity index is 121. The first-order valence-corrected chi connectivity index (χ1v) is 4.17. The number of hydrogen-bond donors (Lipinski definition) is 1. The maximum absolute atomic E-state index is 6.96. The van der Waals surface area contributed by atoms with E-state index in [2.05, 4.69) is 25.6 Å². The van der Waals surface area contributed by atoms with Crippen molar-refractivity contribution < 1.29 is 0 Å². The van der Waals surface area contributed by atoms with E-state index in [0.29, 0.717) is 11.8 Å². The molecule has 0 aromatic carbocycles. The first-order chi connectivity index (χ1) is 5.26. The zero-order chi connectivity index (χ0) is 8.69. The number of nitrogens with zero attached hydrogens (tertiary/aromatic N) is 1. The summed E-state index contributed by atoms with van der Waals surface area (Å²) in [5.41, 5.74) is 0. The van der Waals surface area contributed by atoms with Crippen LogP contribution in [-0.4, -0.2) is 19.5 Å². The summed E-state index contributed by atoms with van der Waals surface area (Å²) < 4.78 is 0. The van der Waals surface area contributed by atoms with E-state index in [0.717, 1.165) is 19.4 Å². The Balaban J connectivity index is 3.78. The Hall–Kier alpha value is -0.660. The van der Waals surface area contributed by atoms with E-state index in [1.165, 1.54) is 6.21 Å². The molecule has 0 saturated heterocycles. The summed E-state index contributed by atoms with van der Waals surface area (Å²) in [5.74, 6) is 1.18. The Morgan fingerprint density at radius 2 is 2.27 bits per heavy atom. The van der Waals surface area contributed by atoms with E-state index < -0.39 is 0 Å². The van der Waals surface area contributed by atoms with Crippen molar-refractivity contribution in [2.24, 2.45) is 16.8 Å². The molecule has 0 aliphatic carbocycles. The molecule has 0 rings (SSSR count). The molecular weight excluding hydrogens is 136 g/mol. The minimum atomic E-state index is 0.572. The summed E-state index contributed by atoms with van der Waals surface area (Å²) in [5, 5.41) is 6.96. The van der Waals surface area contributed by atoms with Gasteiger partial charge in [-0.05, 0) is 31.2 Å². The van der Waals surface area contributed by atoms with Crippen LogP contribution in [0.2, 0.25) is 0 Å². The summed E-state index contributed by atoms with van der Waals surface area (Å²) >= 11 is 0. The zero-order valence-electron chi connectivity index (χ0n) is 7.51. The van der Waals surface area contributed by atoms with E-state index in [-0.39, 0.29) is 0 Å². The number of rotatable bonds is 6. The van der Waals surface area contributed by atoms with Crippen LogP contribution in [0.1, 0.15) is 26.7 Å². The second kappa shape index (κ2) is 6.08. The van der Waals surface area contributed by atoms with Gasteiger partial charge in [0.15, 0.2) is 0 Å². The smallest absolute Gasteiger partial charge is 0.0412 e. The van der Waals surface area contributed by atoms with Crippen molar-refractivity contribution in [2.75, 3.05) is 6.54 Å². The molecule has 0 saturated carbocycles. The third-order valence-electron chi connectivity index (χ3n) is 2.18. The van der Waals surface area contributed by atoms with Crippen LogP contribution in [0.5, 0.6) is 0 Å². The maximum Gasteiger partial charge on any atom is 0.0412 e. The lowest BCUT2D eigenvalue weighted by atomic mass is 9.89. The second-order valence-electron chi connectivity index (χ2n) is 2.99. The highest BCUT2D eigenvalue weighted by molar-refractivity contribution is 5.53. The lowest BCUT2D eigenvalue weighted by molar-refractivity contribution is 0.368. The molecule has 0 aromatic rings. The molecule has 0 bridgehead atoms. The topological polar surface area (TPSA) is 36.2 Å². The Labute approximate surface area is 69.2 Å². The van der Waals surface area contributed by atoms with Crippen molar-refractivity contribution in [2.45, 2.75) is 26.7 Å². The van der Waals surface area contributed by atoms with Gasteiger partial charge in [-0.15, -0.1) is 0 Å². The van der Waals surface area contributed by atoms with E-state index in [1.807, 2.05) is 0 Å². The second-order valence-corrected chi connectivity index (χ2v) is 2.99. The summed E-state index contributed by atoms with van der Waals surface area (Å²) in [6, 6.07) is 0. The van der Waals surface area contributed by atoms with Crippen molar-refractivity contribution in [1.82, 2.24) is 0 Å². The van der Waals surface area contributed by atoms with Gasteiger partial charge in [0.1, 0.15) is 0 Å². The van der Waals surface area contributed by atoms with Gasteiger partial charge >= 0.3 is 0 Å². The summed E-state index contributed by atoms with van der Waals surface area (Å²) in [7, 11) is 0. The SMILES string of the molecule is C=NCC(CC)C(C)CC=N. The van der Waals surface area contributed by atoms with Crippen molar-refractivity contribution >= 4 is 12.9 Å². The van der Waals surface area contributed by atoms with Crippen molar-refractivity contribution in [3.8, 4) is 0 Å². The summed E-state index contributed by atoms with van der Waals surface area (Å²) in [6.07, 6.45) is 3.48.